The molecule has 0 spiro atoms. The zero-order valence-corrected chi connectivity index (χ0v) is 11.9. The third kappa shape index (κ3) is 3.59. The van der Waals surface area contributed by atoms with Crippen LogP contribution in [0.1, 0.15) is 23.7 Å². The Labute approximate surface area is 120 Å². The summed E-state index contributed by atoms with van der Waals surface area (Å²) in [6.07, 6.45) is 3.17. The molecule has 0 aliphatic heterocycles. The van der Waals surface area contributed by atoms with Crippen LogP contribution in [0.3, 0.4) is 0 Å². The Morgan fingerprint density at radius 3 is 2.79 bits per heavy atom. The lowest BCUT2D eigenvalue weighted by atomic mass is 10.0. The van der Waals surface area contributed by atoms with Crippen LogP contribution in [0.25, 0.3) is 0 Å². The van der Waals surface area contributed by atoms with Crippen molar-refractivity contribution < 1.29 is 4.39 Å². The van der Waals surface area contributed by atoms with Gasteiger partial charge in [-0.1, -0.05) is 18.2 Å². The fourth-order valence-electron chi connectivity index (χ4n) is 1.96. The van der Waals surface area contributed by atoms with Crippen LogP contribution in [0, 0.1) is 5.82 Å². The first kappa shape index (κ1) is 14.1. The Balaban J connectivity index is 2.10. The van der Waals surface area contributed by atoms with Crippen molar-refractivity contribution in [1.82, 2.24) is 10.4 Å². The van der Waals surface area contributed by atoms with E-state index in [1.165, 1.54) is 0 Å². The zero-order chi connectivity index (χ0) is 13.7. The molecule has 1 heterocycles. The SMILES string of the molecule is NNC(CCc1ccccn1)c1cccc(Br)c1F. The van der Waals surface area contributed by atoms with E-state index in [0.717, 1.165) is 12.1 Å². The molecule has 0 amide bonds. The Morgan fingerprint density at radius 2 is 2.11 bits per heavy atom. The van der Waals surface area contributed by atoms with E-state index in [1.807, 2.05) is 18.2 Å². The van der Waals surface area contributed by atoms with Gasteiger partial charge in [0.2, 0.25) is 0 Å². The smallest absolute Gasteiger partial charge is 0.142 e. The summed E-state index contributed by atoms with van der Waals surface area (Å²) < 4.78 is 14.5. The normalized spacial score (nSPS) is 12.4. The largest absolute Gasteiger partial charge is 0.271 e. The number of nitrogens with two attached hydrogens (primary N) is 1. The maximum atomic E-state index is 14.0. The number of hydrazine groups is 1. The second kappa shape index (κ2) is 6.75. The molecule has 5 heteroatoms. The molecule has 1 unspecified atom stereocenters. The molecular weight excluding hydrogens is 309 g/mol. The van der Waals surface area contributed by atoms with Gasteiger partial charge in [0.1, 0.15) is 5.82 Å². The molecule has 0 fully saturated rings. The Morgan fingerprint density at radius 1 is 1.26 bits per heavy atom. The summed E-state index contributed by atoms with van der Waals surface area (Å²) in [4.78, 5) is 4.25. The number of nitrogens with zero attached hydrogens (tertiary/aromatic N) is 1. The zero-order valence-electron chi connectivity index (χ0n) is 10.3. The van der Waals surface area contributed by atoms with Crippen LogP contribution in [0.2, 0.25) is 0 Å². The van der Waals surface area contributed by atoms with Gasteiger partial charge in [-0.3, -0.25) is 16.3 Å². The maximum Gasteiger partial charge on any atom is 0.142 e. The van der Waals surface area contributed by atoms with Crippen molar-refractivity contribution in [3.8, 4) is 0 Å². The number of rotatable bonds is 5. The van der Waals surface area contributed by atoms with Gasteiger partial charge in [0.25, 0.3) is 0 Å². The predicted octanol–water partition coefficient (Wildman–Crippen LogP) is 3.12. The van der Waals surface area contributed by atoms with Gasteiger partial charge in [-0.15, -0.1) is 0 Å². The van der Waals surface area contributed by atoms with Crippen molar-refractivity contribution in [2.45, 2.75) is 18.9 Å². The molecule has 0 aliphatic carbocycles. The van der Waals surface area contributed by atoms with E-state index in [2.05, 4.69) is 26.3 Å². The van der Waals surface area contributed by atoms with Crippen molar-refractivity contribution in [2.75, 3.05) is 0 Å². The first-order valence-corrected chi connectivity index (χ1v) is 6.81. The highest BCUT2D eigenvalue weighted by molar-refractivity contribution is 9.10. The lowest BCUT2D eigenvalue weighted by Gasteiger charge is -2.17. The van der Waals surface area contributed by atoms with E-state index in [-0.39, 0.29) is 11.9 Å². The first-order chi connectivity index (χ1) is 9.22. The van der Waals surface area contributed by atoms with E-state index >= 15 is 0 Å². The fraction of sp³-hybridized carbons (Fsp3) is 0.214. The van der Waals surface area contributed by atoms with E-state index in [1.54, 1.807) is 24.4 Å². The number of aryl methyl sites for hydroxylation is 1. The molecule has 3 nitrogen and oxygen atoms in total. The average Bonchev–Trinajstić information content (AvgIpc) is 2.45. The van der Waals surface area contributed by atoms with Gasteiger partial charge in [0, 0.05) is 23.5 Å². The van der Waals surface area contributed by atoms with Crippen LogP contribution in [-0.4, -0.2) is 4.98 Å². The molecule has 0 aliphatic rings. The number of aromatic nitrogens is 1. The van der Waals surface area contributed by atoms with Gasteiger partial charge in [0.05, 0.1) is 4.47 Å². The third-order valence-corrected chi connectivity index (χ3v) is 3.59. The van der Waals surface area contributed by atoms with E-state index in [4.69, 9.17) is 5.84 Å². The highest BCUT2D eigenvalue weighted by atomic mass is 79.9. The highest BCUT2D eigenvalue weighted by Crippen LogP contribution is 2.26. The molecule has 1 aromatic heterocycles. The van der Waals surface area contributed by atoms with E-state index in [0.29, 0.717) is 16.5 Å². The Hall–Kier alpha value is -1.30. The number of halogens is 2. The third-order valence-electron chi connectivity index (χ3n) is 2.97. The Bertz CT molecular complexity index is 533. The minimum atomic E-state index is -0.272. The van der Waals surface area contributed by atoms with Crippen molar-refractivity contribution in [3.63, 3.8) is 0 Å². The number of hydrogen-bond donors (Lipinski definition) is 2. The number of benzene rings is 1. The summed E-state index contributed by atoms with van der Waals surface area (Å²) in [7, 11) is 0. The molecule has 3 N–H and O–H groups in total. The van der Waals surface area contributed by atoms with Gasteiger partial charge >= 0.3 is 0 Å². The van der Waals surface area contributed by atoms with Gasteiger partial charge < -0.3 is 0 Å². The van der Waals surface area contributed by atoms with Gasteiger partial charge in [-0.05, 0) is 47.0 Å². The molecule has 0 radical (unpaired) electrons. The van der Waals surface area contributed by atoms with Crippen LogP contribution >= 0.6 is 15.9 Å². The van der Waals surface area contributed by atoms with Gasteiger partial charge in [-0.25, -0.2) is 4.39 Å². The molecule has 2 aromatic rings. The number of nitrogens with one attached hydrogen (secondary N) is 1. The summed E-state index contributed by atoms with van der Waals surface area (Å²) in [5.41, 5.74) is 4.20. The summed E-state index contributed by atoms with van der Waals surface area (Å²) in [5, 5.41) is 0. The topological polar surface area (TPSA) is 50.9 Å². The average molecular weight is 324 g/mol. The summed E-state index contributed by atoms with van der Waals surface area (Å²) in [6, 6.07) is 10.7. The Kier molecular flexibility index (Phi) is 5.01. The van der Waals surface area contributed by atoms with Crippen molar-refractivity contribution in [1.29, 1.82) is 0 Å². The fourth-order valence-corrected chi connectivity index (χ4v) is 2.34. The van der Waals surface area contributed by atoms with Crippen LogP contribution in [0.4, 0.5) is 4.39 Å². The molecule has 0 saturated heterocycles. The van der Waals surface area contributed by atoms with Gasteiger partial charge in [-0.2, -0.15) is 0 Å². The van der Waals surface area contributed by atoms with Gasteiger partial charge in [0.15, 0.2) is 0 Å². The lowest BCUT2D eigenvalue weighted by Crippen LogP contribution is -2.29. The summed E-state index contributed by atoms with van der Waals surface area (Å²) in [5.74, 6) is 5.26. The molecule has 0 bridgehead atoms. The second-order valence-corrected chi connectivity index (χ2v) is 5.08. The molecule has 2 rings (SSSR count). The van der Waals surface area contributed by atoms with Crippen molar-refractivity contribution >= 4 is 15.9 Å². The standard InChI is InChI=1S/C14H15BrFN3/c15-12-6-3-5-11(14(12)16)13(19-17)8-7-10-4-1-2-9-18-10/h1-6,9,13,19H,7-8,17H2. The van der Waals surface area contributed by atoms with Crippen molar-refractivity contribution in [2.24, 2.45) is 5.84 Å². The van der Waals surface area contributed by atoms with Crippen molar-refractivity contribution in [3.05, 3.63) is 64.1 Å². The molecule has 1 atom stereocenters. The lowest BCUT2D eigenvalue weighted by molar-refractivity contribution is 0.482. The minimum Gasteiger partial charge on any atom is -0.271 e. The monoisotopic (exact) mass is 323 g/mol. The van der Waals surface area contributed by atoms with E-state index in [9.17, 15) is 4.39 Å². The molecule has 1 aromatic carbocycles. The highest BCUT2D eigenvalue weighted by Gasteiger charge is 2.16. The minimum absolute atomic E-state index is 0.237. The summed E-state index contributed by atoms with van der Waals surface area (Å²) >= 11 is 3.18. The molecule has 0 saturated carbocycles. The molecule has 100 valence electrons. The van der Waals surface area contributed by atoms with E-state index < -0.39 is 0 Å². The molecular formula is C14H15BrFN3. The summed E-state index contributed by atoms with van der Waals surface area (Å²) in [6.45, 7) is 0. The predicted molar refractivity (Wildman–Crippen MR) is 76.7 cm³/mol. The van der Waals surface area contributed by atoms with Crippen LogP contribution in [-0.2, 0) is 6.42 Å². The van der Waals surface area contributed by atoms with Crippen LogP contribution < -0.4 is 11.3 Å². The molecule has 19 heavy (non-hydrogen) atoms. The van der Waals surface area contributed by atoms with Crippen LogP contribution in [0.15, 0.2) is 47.1 Å². The van der Waals surface area contributed by atoms with Crippen LogP contribution in [0.5, 0.6) is 0 Å². The number of hydrogen-bond acceptors (Lipinski definition) is 3. The number of pyridine rings is 1. The maximum absolute atomic E-state index is 14.0. The quantitative estimate of drug-likeness (QED) is 0.656. The first-order valence-electron chi connectivity index (χ1n) is 6.02. The second-order valence-electron chi connectivity index (χ2n) is 4.22.